The zero-order chi connectivity index (χ0) is 20.8. The standard InChI is InChI=1S/C23H19ClFN3O2/c1-27-21-10-16(7-8-20(21)28(23(27)29)13-14-5-6-14)15-3-2-4-18(9-15)30-22-19(25)11-17(24)12-26-22/h2-4,7-12,14H,5-6,13H2,1H3. The monoisotopic (exact) mass is 423 g/mol. The number of fused-ring (bicyclic) bond motifs is 1. The first-order valence-electron chi connectivity index (χ1n) is 9.78. The van der Waals surface area contributed by atoms with E-state index in [1.165, 1.54) is 19.0 Å². The molecule has 1 aliphatic rings. The van der Waals surface area contributed by atoms with E-state index in [0.29, 0.717) is 11.7 Å². The van der Waals surface area contributed by atoms with Gasteiger partial charge in [0.05, 0.1) is 16.1 Å². The van der Waals surface area contributed by atoms with Crippen LogP contribution in [-0.2, 0) is 13.6 Å². The maximum absolute atomic E-state index is 14.0. The molecule has 2 heterocycles. The predicted octanol–water partition coefficient (Wildman–Crippen LogP) is 5.40. The molecule has 0 unspecified atom stereocenters. The van der Waals surface area contributed by atoms with E-state index >= 15 is 0 Å². The Kier molecular flexibility index (Phi) is 4.59. The number of pyridine rings is 1. The lowest BCUT2D eigenvalue weighted by Crippen LogP contribution is -2.22. The number of rotatable bonds is 5. The van der Waals surface area contributed by atoms with Crippen molar-refractivity contribution in [2.75, 3.05) is 0 Å². The number of aryl methyl sites for hydroxylation is 1. The van der Waals surface area contributed by atoms with Crippen LogP contribution in [0.5, 0.6) is 11.6 Å². The summed E-state index contributed by atoms with van der Waals surface area (Å²) in [5.41, 5.74) is 3.67. The molecule has 0 spiro atoms. The topological polar surface area (TPSA) is 49.0 Å². The van der Waals surface area contributed by atoms with Gasteiger partial charge in [-0.05, 0) is 60.2 Å². The predicted molar refractivity (Wildman–Crippen MR) is 115 cm³/mol. The molecule has 0 amide bonds. The zero-order valence-corrected chi connectivity index (χ0v) is 17.1. The third-order valence-electron chi connectivity index (χ3n) is 5.44. The smallest absolute Gasteiger partial charge is 0.328 e. The Bertz CT molecular complexity index is 1320. The van der Waals surface area contributed by atoms with Crippen LogP contribution in [0.4, 0.5) is 4.39 Å². The maximum Gasteiger partial charge on any atom is 0.328 e. The summed E-state index contributed by atoms with van der Waals surface area (Å²) in [5, 5.41) is 0.209. The highest BCUT2D eigenvalue weighted by Gasteiger charge is 2.24. The van der Waals surface area contributed by atoms with Gasteiger partial charge in [-0.2, -0.15) is 0 Å². The zero-order valence-electron chi connectivity index (χ0n) is 16.3. The van der Waals surface area contributed by atoms with Gasteiger partial charge in [0, 0.05) is 19.8 Å². The summed E-state index contributed by atoms with van der Waals surface area (Å²) in [6, 6.07) is 14.5. The van der Waals surface area contributed by atoms with Crippen LogP contribution in [-0.4, -0.2) is 14.1 Å². The van der Waals surface area contributed by atoms with Gasteiger partial charge >= 0.3 is 5.69 Å². The molecule has 0 radical (unpaired) electrons. The highest BCUT2D eigenvalue weighted by molar-refractivity contribution is 6.30. The lowest BCUT2D eigenvalue weighted by Gasteiger charge is -2.09. The van der Waals surface area contributed by atoms with E-state index < -0.39 is 5.82 Å². The second-order valence-electron chi connectivity index (χ2n) is 7.67. The minimum Gasteiger partial charge on any atom is -0.436 e. The van der Waals surface area contributed by atoms with Crippen molar-refractivity contribution in [1.29, 1.82) is 0 Å². The molecule has 1 aliphatic carbocycles. The molecule has 5 nitrogen and oxygen atoms in total. The Morgan fingerprint density at radius 3 is 2.70 bits per heavy atom. The summed E-state index contributed by atoms with van der Waals surface area (Å²) >= 11 is 5.75. The minimum absolute atomic E-state index is 0.00965. The first-order chi connectivity index (χ1) is 14.5. The molecule has 4 aromatic rings. The molecule has 5 rings (SSSR count). The van der Waals surface area contributed by atoms with Crippen molar-refractivity contribution in [2.45, 2.75) is 19.4 Å². The van der Waals surface area contributed by atoms with E-state index in [4.69, 9.17) is 16.3 Å². The lowest BCUT2D eigenvalue weighted by atomic mass is 10.0. The van der Waals surface area contributed by atoms with Crippen LogP contribution < -0.4 is 10.4 Å². The Morgan fingerprint density at radius 1 is 1.13 bits per heavy atom. The second-order valence-corrected chi connectivity index (χ2v) is 8.11. The summed E-state index contributed by atoms with van der Waals surface area (Å²) < 4.78 is 23.2. The molecule has 152 valence electrons. The highest BCUT2D eigenvalue weighted by Crippen LogP contribution is 2.33. The highest BCUT2D eigenvalue weighted by atomic mass is 35.5. The van der Waals surface area contributed by atoms with E-state index in [0.717, 1.165) is 34.8 Å². The van der Waals surface area contributed by atoms with Crippen LogP contribution in [0.25, 0.3) is 22.2 Å². The van der Waals surface area contributed by atoms with Gasteiger partial charge in [-0.3, -0.25) is 9.13 Å². The van der Waals surface area contributed by atoms with Crippen LogP contribution in [0.2, 0.25) is 5.02 Å². The van der Waals surface area contributed by atoms with Gasteiger partial charge in [0.15, 0.2) is 5.82 Å². The van der Waals surface area contributed by atoms with Crippen LogP contribution >= 0.6 is 11.6 Å². The first kappa shape index (κ1) is 18.9. The maximum atomic E-state index is 14.0. The van der Waals surface area contributed by atoms with Gasteiger partial charge in [0.1, 0.15) is 5.75 Å². The van der Waals surface area contributed by atoms with Crippen LogP contribution in [0, 0.1) is 11.7 Å². The molecule has 0 bridgehead atoms. The van der Waals surface area contributed by atoms with Gasteiger partial charge in [-0.25, -0.2) is 14.2 Å². The van der Waals surface area contributed by atoms with Crippen molar-refractivity contribution in [2.24, 2.45) is 13.0 Å². The number of ether oxygens (including phenoxy) is 1. The van der Waals surface area contributed by atoms with Gasteiger partial charge in [0.2, 0.25) is 0 Å². The second kappa shape index (κ2) is 7.29. The quantitative estimate of drug-likeness (QED) is 0.432. The molecule has 0 aliphatic heterocycles. The molecule has 2 aromatic carbocycles. The average molecular weight is 424 g/mol. The third kappa shape index (κ3) is 3.48. The first-order valence-corrected chi connectivity index (χ1v) is 10.2. The average Bonchev–Trinajstić information content (AvgIpc) is 3.53. The van der Waals surface area contributed by atoms with Gasteiger partial charge in [-0.1, -0.05) is 29.8 Å². The number of halogens is 2. The van der Waals surface area contributed by atoms with Crippen molar-refractivity contribution in [3.05, 3.63) is 76.1 Å². The minimum atomic E-state index is -0.624. The summed E-state index contributed by atoms with van der Waals surface area (Å²) in [6.07, 6.45) is 3.72. The molecule has 0 atom stereocenters. The van der Waals surface area contributed by atoms with Crippen molar-refractivity contribution >= 4 is 22.6 Å². The molecule has 1 saturated carbocycles. The van der Waals surface area contributed by atoms with E-state index in [-0.39, 0.29) is 16.6 Å². The van der Waals surface area contributed by atoms with Gasteiger partial charge in [0.25, 0.3) is 5.88 Å². The molecular formula is C23H19ClFN3O2. The molecule has 1 fully saturated rings. The number of hydrogen-bond donors (Lipinski definition) is 0. The van der Waals surface area contributed by atoms with Crippen LogP contribution in [0.15, 0.2) is 59.5 Å². The molecule has 7 heteroatoms. The summed E-state index contributed by atoms with van der Waals surface area (Å²) in [4.78, 5) is 16.6. The number of imidazole rings is 1. The normalized spacial score (nSPS) is 13.7. The van der Waals surface area contributed by atoms with Crippen molar-refractivity contribution in [1.82, 2.24) is 14.1 Å². The van der Waals surface area contributed by atoms with E-state index in [9.17, 15) is 9.18 Å². The van der Waals surface area contributed by atoms with Crippen LogP contribution in [0.1, 0.15) is 12.8 Å². The molecule has 2 aromatic heterocycles. The Balaban J connectivity index is 1.50. The SMILES string of the molecule is Cn1c(=O)n(CC2CC2)c2ccc(-c3cccc(Oc4ncc(Cl)cc4F)c3)cc21. The van der Waals surface area contributed by atoms with Crippen molar-refractivity contribution < 1.29 is 9.13 Å². The van der Waals surface area contributed by atoms with Gasteiger partial charge in [-0.15, -0.1) is 0 Å². The lowest BCUT2D eigenvalue weighted by molar-refractivity contribution is 0.423. The number of aromatic nitrogens is 3. The number of nitrogens with zero attached hydrogens (tertiary/aromatic N) is 3. The summed E-state index contributed by atoms with van der Waals surface area (Å²) in [5.74, 6) is 0.318. The van der Waals surface area contributed by atoms with E-state index in [1.54, 1.807) is 17.7 Å². The summed E-state index contributed by atoms with van der Waals surface area (Å²) in [6.45, 7) is 0.776. The Hall–Kier alpha value is -3.12. The Morgan fingerprint density at radius 2 is 1.93 bits per heavy atom. The fourth-order valence-corrected chi connectivity index (χ4v) is 3.79. The molecule has 0 N–H and O–H groups in total. The molecular weight excluding hydrogens is 405 g/mol. The number of hydrogen-bond acceptors (Lipinski definition) is 3. The van der Waals surface area contributed by atoms with Crippen molar-refractivity contribution in [3.63, 3.8) is 0 Å². The number of benzene rings is 2. The molecule has 30 heavy (non-hydrogen) atoms. The largest absolute Gasteiger partial charge is 0.436 e. The van der Waals surface area contributed by atoms with E-state index in [1.807, 2.05) is 41.0 Å². The third-order valence-corrected chi connectivity index (χ3v) is 5.65. The fraction of sp³-hybridized carbons (Fsp3) is 0.217. The summed E-state index contributed by atoms with van der Waals surface area (Å²) in [7, 11) is 1.80. The molecule has 0 saturated heterocycles. The van der Waals surface area contributed by atoms with Crippen LogP contribution in [0.3, 0.4) is 0 Å². The Labute approximate surface area is 177 Å². The van der Waals surface area contributed by atoms with E-state index in [2.05, 4.69) is 4.98 Å². The fourth-order valence-electron chi connectivity index (χ4n) is 3.65. The van der Waals surface area contributed by atoms with Crippen molar-refractivity contribution in [3.8, 4) is 22.8 Å². The van der Waals surface area contributed by atoms with Gasteiger partial charge < -0.3 is 4.74 Å².